The summed E-state index contributed by atoms with van der Waals surface area (Å²) < 4.78 is 1.87. The number of anilines is 1. The second-order valence-corrected chi connectivity index (χ2v) is 5.44. The van der Waals surface area contributed by atoms with Gasteiger partial charge in [-0.1, -0.05) is 37.5 Å². The van der Waals surface area contributed by atoms with E-state index in [1.165, 1.54) is 12.8 Å². The lowest BCUT2D eigenvalue weighted by Gasteiger charge is -2.04. The van der Waals surface area contributed by atoms with Crippen LogP contribution in [-0.2, 0) is 13.5 Å². The second-order valence-electron chi connectivity index (χ2n) is 5.44. The Labute approximate surface area is 126 Å². The van der Waals surface area contributed by atoms with E-state index in [4.69, 9.17) is 0 Å². The van der Waals surface area contributed by atoms with Crippen LogP contribution in [0.5, 0.6) is 0 Å². The lowest BCUT2D eigenvalue weighted by atomic mass is 10.1. The number of aromatic nitrogens is 2. The van der Waals surface area contributed by atoms with Gasteiger partial charge in [0, 0.05) is 18.8 Å². The molecule has 0 saturated carbocycles. The average Bonchev–Trinajstić information content (AvgIpc) is 2.80. The molecule has 112 valence electrons. The Morgan fingerprint density at radius 1 is 1.24 bits per heavy atom. The van der Waals surface area contributed by atoms with Gasteiger partial charge in [-0.3, -0.25) is 10.1 Å². The van der Waals surface area contributed by atoms with Crippen molar-refractivity contribution in [2.24, 2.45) is 7.05 Å². The summed E-state index contributed by atoms with van der Waals surface area (Å²) in [4.78, 5) is 16.7. The molecule has 1 heterocycles. The average molecular weight is 285 g/mol. The summed E-state index contributed by atoms with van der Waals surface area (Å²) >= 11 is 0. The van der Waals surface area contributed by atoms with E-state index in [0.29, 0.717) is 11.5 Å². The quantitative estimate of drug-likeness (QED) is 0.822. The lowest BCUT2D eigenvalue weighted by Crippen LogP contribution is -2.14. The van der Waals surface area contributed by atoms with E-state index < -0.39 is 0 Å². The van der Waals surface area contributed by atoms with Gasteiger partial charge in [0.15, 0.2) is 0 Å². The normalized spacial score (nSPS) is 10.6. The molecule has 1 aromatic carbocycles. The van der Waals surface area contributed by atoms with E-state index in [2.05, 4.69) is 17.2 Å². The summed E-state index contributed by atoms with van der Waals surface area (Å²) in [6, 6.07) is 7.53. The Bertz CT molecular complexity index is 599. The number of carbonyl (C=O) groups is 1. The molecule has 0 unspecified atom stereocenters. The van der Waals surface area contributed by atoms with Gasteiger partial charge in [-0.2, -0.15) is 0 Å². The number of carbonyl (C=O) groups excluding carboxylic acids is 1. The number of rotatable bonds is 6. The fourth-order valence-electron chi connectivity index (χ4n) is 2.20. The summed E-state index contributed by atoms with van der Waals surface area (Å²) in [5.74, 6) is 0.482. The highest BCUT2D eigenvalue weighted by atomic mass is 16.1. The minimum Gasteiger partial charge on any atom is -0.320 e. The Balaban J connectivity index is 2.02. The minimum atomic E-state index is -0.121. The van der Waals surface area contributed by atoms with Crippen molar-refractivity contribution in [1.29, 1.82) is 0 Å². The first-order valence-electron chi connectivity index (χ1n) is 7.50. The maximum absolute atomic E-state index is 12.2. The van der Waals surface area contributed by atoms with Crippen molar-refractivity contribution in [1.82, 2.24) is 9.55 Å². The van der Waals surface area contributed by atoms with Gasteiger partial charge in [-0.05, 0) is 31.9 Å². The van der Waals surface area contributed by atoms with Crippen molar-refractivity contribution >= 4 is 11.9 Å². The van der Waals surface area contributed by atoms with E-state index in [-0.39, 0.29) is 5.91 Å². The molecule has 0 aliphatic heterocycles. The maximum atomic E-state index is 12.2. The van der Waals surface area contributed by atoms with Crippen LogP contribution in [0.1, 0.15) is 47.8 Å². The Hall–Kier alpha value is -2.10. The largest absolute Gasteiger partial charge is 0.320 e. The molecule has 2 rings (SSSR count). The van der Waals surface area contributed by atoms with Crippen LogP contribution in [0.4, 0.5) is 5.95 Å². The van der Waals surface area contributed by atoms with E-state index in [0.717, 1.165) is 24.1 Å². The number of hydrogen-bond acceptors (Lipinski definition) is 2. The third kappa shape index (κ3) is 4.18. The lowest BCUT2D eigenvalue weighted by molar-refractivity contribution is 0.102. The molecular weight excluding hydrogens is 262 g/mol. The second kappa shape index (κ2) is 7.07. The molecule has 2 aromatic rings. The summed E-state index contributed by atoms with van der Waals surface area (Å²) in [5.41, 5.74) is 2.82. The summed E-state index contributed by atoms with van der Waals surface area (Å²) in [5, 5.41) is 2.87. The van der Waals surface area contributed by atoms with Crippen molar-refractivity contribution in [2.75, 3.05) is 5.32 Å². The van der Waals surface area contributed by atoms with Crippen molar-refractivity contribution < 1.29 is 4.79 Å². The van der Waals surface area contributed by atoms with E-state index in [1.54, 1.807) is 0 Å². The highest BCUT2D eigenvalue weighted by Crippen LogP contribution is 2.12. The molecular formula is C17H23N3O. The Kier molecular flexibility index (Phi) is 5.14. The predicted molar refractivity (Wildman–Crippen MR) is 85.6 cm³/mol. The SMILES string of the molecule is CCCCCc1cn(C)c(NC(=O)c2ccc(C)cc2)n1. The molecule has 1 aromatic heterocycles. The third-order valence-electron chi connectivity index (χ3n) is 3.50. The molecule has 0 bridgehead atoms. The van der Waals surface area contributed by atoms with Crippen molar-refractivity contribution in [3.05, 3.63) is 47.3 Å². The number of nitrogens with zero attached hydrogens (tertiary/aromatic N) is 2. The highest BCUT2D eigenvalue weighted by molar-refractivity contribution is 6.03. The zero-order valence-corrected chi connectivity index (χ0v) is 13.0. The van der Waals surface area contributed by atoms with Crippen LogP contribution in [0.15, 0.2) is 30.5 Å². The highest BCUT2D eigenvalue weighted by Gasteiger charge is 2.10. The molecule has 21 heavy (non-hydrogen) atoms. The monoisotopic (exact) mass is 285 g/mol. The number of imidazole rings is 1. The Morgan fingerprint density at radius 2 is 1.95 bits per heavy atom. The minimum absolute atomic E-state index is 0.121. The van der Waals surface area contributed by atoms with Gasteiger partial charge in [0.25, 0.3) is 5.91 Å². The number of nitrogens with one attached hydrogen (secondary N) is 1. The first-order valence-corrected chi connectivity index (χ1v) is 7.50. The van der Waals surface area contributed by atoms with E-state index in [9.17, 15) is 4.79 Å². The standard InChI is InChI=1S/C17H23N3O/c1-4-5-6-7-15-12-20(3)17(18-15)19-16(21)14-10-8-13(2)9-11-14/h8-12H,4-7H2,1-3H3,(H,18,19,21). The van der Waals surface area contributed by atoms with E-state index >= 15 is 0 Å². The molecule has 0 spiro atoms. The number of unbranched alkanes of at least 4 members (excludes halogenated alkanes) is 2. The summed E-state index contributed by atoms with van der Waals surface area (Å²) in [6.07, 6.45) is 6.49. The molecule has 4 nitrogen and oxygen atoms in total. The van der Waals surface area contributed by atoms with Gasteiger partial charge in [0.1, 0.15) is 0 Å². The topological polar surface area (TPSA) is 46.9 Å². The van der Waals surface area contributed by atoms with Crippen LogP contribution in [0, 0.1) is 6.92 Å². The smallest absolute Gasteiger partial charge is 0.257 e. The van der Waals surface area contributed by atoms with Crippen LogP contribution in [0.2, 0.25) is 0 Å². The van der Waals surface area contributed by atoms with Gasteiger partial charge in [-0.25, -0.2) is 4.98 Å². The number of amides is 1. The molecule has 4 heteroatoms. The van der Waals surface area contributed by atoms with Crippen molar-refractivity contribution in [2.45, 2.75) is 39.5 Å². The molecule has 0 atom stereocenters. The molecule has 0 saturated heterocycles. The van der Waals surface area contributed by atoms with Gasteiger partial charge >= 0.3 is 0 Å². The molecule has 1 N–H and O–H groups in total. The molecule has 0 aliphatic carbocycles. The van der Waals surface area contributed by atoms with Gasteiger partial charge in [0.2, 0.25) is 5.95 Å². The molecule has 0 radical (unpaired) electrons. The first-order chi connectivity index (χ1) is 10.1. The zero-order valence-electron chi connectivity index (χ0n) is 13.0. The van der Waals surface area contributed by atoms with Crippen LogP contribution in [0.25, 0.3) is 0 Å². The third-order valence-corrected chi connectivity index (χ3v) is 3.50. The van der Waals surface area contributed by atoms with Crippen LogP contribution >= 0.6 is 0 Å². The fourth-order valence-corrected chi connectivity index (χ4v) is 2.20. The van der Waals surface area contributed by atoms with E-state index in [1.807, 2.05) is 49.0 Å². The van der Waals surface area contributed by atoms with Crippen molar-refractivity contribution in [3.8, 4) is 0 Å². The zero-order chi connectivity index (χ0) is 15.2. The number of hydrogen-bond donors (Lipinski definition) is 1. The fraction of sp³-hybridized carbons (Fsp3) is 0.412. The van der Waals surface area contributed by atoms with Crippen LogP contribution in [-0.4, -0.2) is 15.5 Å². The predicted octanol–water partition coefficient (Wildman–Crippen LogP) is 3.71. The molecule has 0 fully saturated rings. The van der Waals surface area contributed by atoms with Gasteiger partial charge < -0.3 is 4.57 Å². The van der Waals surface area contributed by atoms with Crippen molar-refractivity contribution in [3.63, 3.8) is 0 Å². The van der Waals surface area contributed by atoms with Gasteiger partial charge in [-0.15, -0.1) is 0 Å². The first kappa shape index (κ1) is 15.3. The maximum Gasteiger partial charge on any atom is 0.257 e. The summed E-state index contributed by atoms with van der Waals surface area (Å²) in [7, 11) is 1.90. The number of benzene rings is 1. The Morgan fingerprint density at radius 3 is 2.62 bits per heavy atom. The molecule has 1 amide bonds. The summed E-state index contributed by atoms with van der Waals surface area (Å²) in [6.45, 7) is 4.19. The van der Waals surface area contributed by atoms with Gasteiger partial charge in [0.05, 0.1) is 5.69 Å². The van der Waals surface area contributed by atoms with Crippen LogP contribution in [0.3, 0.4) is 0 Å². The molecule has 0 aliphatic rings. The van der Waals surface area contributed by atoms with Crippen LogP contribution < -0.4 is 5.32 Å². The number of aryl methyl sites for hydroxylation is 3.